The van der Waals surface area contributed by atoms with Gasteiger partial charge in [-0.2, -0.15) is 0 Å². The molecule has 2 unspecified atom stereocenters. The SMILES string of the molecule is CCc1ccc2c(c1)CCC(CCC1CCC(=O)NC1=O)C2=O. The first-order valence-corrected chi connectivity index (χ1v) is 8.58. The average Bonchev–Trinajstić information content (AvgIpc) is 2.55. The van der Waals surface area contributed by atoms with E-state index in [4.69, 9.17) is 0 Å². The van der Waals surface area contributed by atoms with Crippen molar-refractivity contribution in [2.24, 2.45) is 11.8 Å². The molecule has 2 atom stereocenters. The zero-order valence-corrected chi connectivity index (χ0v) is 13.6. The van der Waals surface area contributed by atoms with Crippen LogP contribution in [0.3, 0.4) is 0 Å². The standard InChI is InChI=1S/C19H23NO3/c1-2-12-3-9-16-15(11-12)7-5-13(18(16)22)4-6-14-8-10-17(21)20-19(14)23/h3,9,11,13-14H,2,4-8,10H2,1H3,(H,20,21,23). The van der Waals surface area contributed by atoms with Crippen LogP contribution in [0.5, 0.6) is 0 Å². The molecule has 1 N–H and O–H groups in total. The van der Waals surface area contributed by atoms with Crippen LogP contribution in [-0.2, 0) is 22.4 Å². The number of carbonyl (C=O) groups is 3. The van der Waals surface area contributed by atoms with Crippen LogP contribution < -0.4 is 5.32 Å². The van der Waals surface area contributed by atoms with Crippen molar-refractivity contribution in [3.05, 3.63) is 34.9 Å². The van der Waals surface area contributed by atoms with E-state index in [1.807, 2.05) is 12.1 Å². The van der Waals surface area contributed by atoms with Gasteiger partial charge in [-0.3, -0.25) is 19.7 Å². The van der Waals surface area contributed by atoms with Crippen LogP contribution in [0.1, 0.15) is 60.5 Å². The maximum Gasteiger partial charge on any atom is 0.229 e. The van der Waals surface area contributed by atoms with Crippen LogP contribution >= 0.6 is 0 Å². The van der Waals surface area contributed by atoms with E-state index in [9.17, 15) is 14.4 Å². The smallest absolute Gasteiger partial charge is 0.229 e. The van der Waals surface area contributed by atoms with Crippen LogP contribution in [-0.4, -0.2) is 17.6 Å². The Balaban J connectivity index is 1.63. The van der Waals surface area contributed by atoms with E-state index in [0.29, 0.717) is 19.3 Å². The molecule has 0 radical (unpaired) electrons. The molecule has 4 nitrogen and oxygen atoms in total. The Labute approximate surface area is 136 Å². The lowest BCUT2D eigenvalue weighted by atomic mass is 9.78. The molecule has 0 spiro atoms. The van der Waals surface area contributed by atoms with Crippen LogP contribution in [0.4, 0.5) is 0 Å². The van der Waals surface area contributed by atoms with E-state index < -0.39 is 0 Å². The van der Waals surface area contributed by atoms with Gasteiger partial charge in [-0.15, -0.1) is 0 Å². The molecule has 0 saturated carbocycles. The number of hydrogen-bond acceptors (Lipinski definition) is 3. The minimum absolute atomic E-state index is 0.0143. The Morgan fingerprint density at radius 3 is 2.52 bits per heavy atom. The number of benzene rings is 1. The second-order valence-electron chi connectivity index (χ2n) is 6.67. The van der Waals surface area contributed by atoms with Crippen molar-refractivity contribution in [2.75, 3.05) is 0 Å². The Bertz CT molecular complexity index is 650. The molecule has 1 aromatic rings. The lowest BCUT2D eigenvalue weighted by Gasteiger charge is -2.26. The highest BCUT2D eigenvalue weighted by Gasteiger charge is 2.31. The number of carbonyl (C=O) groups excluding carboxylic acids is 3. The number of fused-ring (bicyclic) bond motifs is 1. The molecule has 4 heteroatoms. The molecule has 0 bridgehead atoms. The van der Waals surface area contributed by atoms with Gasteiger partial charge < -0.3 is 0 Å². The van der Waals surface area contributed by atoms with Crippen LogP contribution in [0.2, 0.25) is 0 Å². The van der Waals surface area contributed by atoms with Gasteiger partial charge in [-0.1, -0.05) is 25.1 Å². The van der Waals surface area contributed by atoms with Crippen molar-refractivity contribution in [3.63, 3.8) is 0 Å². The number of piperidine rings is 1. The Morgan fingerprint density at radius 1 is 1.04 bits per heavy atom. The topological polar surface area (TPSA) is 63.2 Å². The monoisotopic (exact) mass is 313 g/mol. The number of ketones is 1. The van der Waals surface area contributed by atoms with Crippen LogP contribution in [0.15, 0.2) is 18.2 Å². The lowest BCUT2D eigenvalue weighted by Crippen LogP contribution is -2.41. The summed E-state index contributed by atoms with van der Waals surface area (Å²) in [6.07, 6.45) is 5.25. The third kappa shape index (κ3) is 3.36. The van der Waals surface area contributed by atoms with Gasteiger partial charge >= 0.3 is 0 Å². The highest BCUT2D eigenvalue weighted by molar-refractivity contribution is 6.00. The normalized spacial score (nSPS) is 24.3. The zero-order valence-electron chi connectivity index (χ0n) is 13.6. The third-order valence-electron chi connectivity index (χ3n) is 5.19. The summed E-state index contributed by atoms with van der Waals surface area (Å²) >= 11 is 0. The van der Waals surface area contributed by atoms with Gasteiger partial charge in [-0.05, 0) is 49.7 Å². The summed E-state index contributed by atoms with van der Waals surface area (Å²) in [7, 11) is 0. The van der Waals surface area contributed by atoms with Gasteiger partial charge in [0, 0.05) is 23.8 Å². The fourth-order valence-electron chi connectivity index (χ4n) is 3.69. The zero-order chi connectivity index (χ0) is 16.4. The summed E-state index contributed by atoms with van der Waals surface area (Å²) in [6, 6.07) is 6.16. The highest BCUT2D eigenvalue weighted by atomic mass is 16.2. The molecule has 23 heavy (non-hydrogen) atoms. The molecule has 1 heterocycles. The molecular formula is C19H23NO3. The van der Waals surface area contributed by atoms with Gasteiger partial charge in [0.15, 0.2) is 5.78 Å². The number of nitrogens with one attached hydrogen (secondary N) is 1. The summed E-state index contributed by atoms with van der Waals surface area (Å²) in [6.45, 7) is 2.12. The Hall–Kier alpha value is -1.97. The fraction of sp³-hybridized carbons (Fsp3) is 0.526. The third-order valence-corrected chi connectivity index (χ3v) is 5.19. The maximum atomic E-state index is 12.7. The summed E-state index contributed by atoms with van der Waals surface area (Å²) in [5, 5.41) is 2.39. The summed E-state index contributed by atoms with van der Waals surface area (Å²) in [5.74, 6) is -0.232. The summed E-state index contributed by atoms with van der Waals surface area (Å²) in [4.78, 5) is 35.7. The van der Waals surface area contributed by atoms with Crippen molar-refractivity contribution in [1.29, 1.82) is 0 Å². The summed E-state index contributed by atoms with van der Waals surface area (Å²) in [5.41, 5.74) is 3.31. The number of aryl methyl sites for hydroxylation is 2. The van der Waals surface area contributed by atoms with E-state index in [2.05, 4.69) is 18.3 Å². The maximum absolute atomic E-state index is 12.7. The molecule has 0 aromatic heterocycles. The van der Waals surface area contributed by atoms with Crippen molar-refractivity contribution >= 4 is 17.6 Å². The molecule has 122 valence electrons. The quantitative estimate of drug-likeness (QED) is 0.869. The minimum atomic E-state index is -0.180. The number of rotatable bonds is 4. The molecule has 1 aromatic carbocycles. The van der Waals surface area contributed by atoms with Crippen LogP contribution in [0, 0.1) is 11.8 Å². The number of Topliss-reactive ketones (excluding diaryl/α,β-unsaturated/α-hetero) is 1. The Morgan fingerprint density at radius 2 is 1.78 bits per heavy atom. The van der Waals surface area contributed by atoms with E-state index in [1.54, 1.807) is 0 Å². The van der Waals surface area contributed by atoms with Crippen molar-refractivity contribution in [3.8, 4) is 0 Å². The van der Waals surface area contributed by atoms with Crippen molar-refractivity contribution < 1.29 is 14.4 Å². The predicted octanol–water partition coefficient (Wildman–Crippen LogP) is 2.83. The molecule has 1 saturated heterocycles. The first-order valence-electron chi connectivity index (χ1n) is 8.58. The lowest BCUT2D eigenvalue weighted by molar-refractivity contribution is -0.136. The first kappa shape index (κ1) is 15.9. The molecule has 2 aliphatic rings. The largest absolute Gasteiger partial charge is 0.296 e. The first-order chi connectivity index (χ1) is 11.1. The summed E-state index contributed by atoms with van der Waals surface area (Å²) < 4.78 is 0. The number of amides is 2. The van der Waals surface area contributed by atoms with Crippen molar-refractivity contribution in [2.45, 2.75) is 51.9 Å². The van der Waals surface area contributed by atoms with E-state index in [-0.39, 0.29) is 29.4 Å². The molecule has 1 fully saturated rings. The van der Waals surface area contributed by atoms with E-state index >= 15 is 0 Å². The molecule has 1 aliphatic heterocycles. The van der Waals surface area contributed by atoms with Gasteiger partial charge in [0.1, 0.15) is 0 Å². The molecule has 2 amide bonds. The van der Waals surface area contributed by atoms with Crippen molar-refractivity contribution in [1.82, 2.24) is 5.32 Å². The van der Waals surface area contributed by atoms with Crippen LogP contribution in [0.25, 0.3) is 0 Å². The second-order valence-corrected chi connectivity index (χ2v) is 6.67. The molecule has 1 aliphatic carbocycles. The molecular weight excluding hydrogens is 290 g/mol. The fourth-order valence-corrected chi connectivity index (χ4v) is 3.69. The number of imide groups is 1. The minimum Gasteiger partial charge on any atom is -0.296 e. The highest BCUT2D eigenvalue weighted by Crippen LogP contribution is 2.31. The van der Waals surface area contributed by atoms with Gasteiger partial charge in [0.25, 0.3) is 0 Å². The predicted molar refractivity (Wildman–Crippen MR) is 87.1 cm³/mol. The average molecular weight is 313 g/mol. The number of hydrogen-bond donors (Lipinski definition) is 1. The van der Waals surface area contributed by atoms with E-state index in [0.717, 1.165) is 31.2 Å². The van der Waals surface area contributed by atoms with E-state index in [1.165, 1.54) is 11.1 Å². The molecule has 3 rings (SSSR count). The Kier molecular flexibility index (Phi) is 4.60. The van der Waals surface area contributed by atoms with Gasteiger partial charge in [0.2, 0.25) is 11.8 Å². The second kappa shape index (κ2) is 6.65. The van der Waals surface area contributed by atoms with Gasteiger partial charge in [-0.25, -0.2) is 0 Å². The van der Waals surface area contributed by atoms with Gasteiger partial charge in [0.05, 0.1) is 0 Å².